The van der Waals surface area contributed by atoms with Gasteiger partial charge in [0.1, 0.15) is 28.9 Å². The van der Waals surface area contributed by atoms with Gasteiger partial charge < -0.3 is 29.4 Å². The second-order valence-electron chi connectivity index (χ2n) is 7.48. The number of rotatable bonds is 6. The Balaban J connectivity index is 1.68. The van der Waals surface area contributed by atoms with Crippen LogP contribution in [0.3, 0.4) is 0 Å². The Morgan fingerprint density at radius 3 is 2.34 bits per heavy atom. The molecule has 4 rings (SSSR count). The number of fused-ring (bicyclic) bond motifs is 1. The summed E-state index contributed by atoms with van der Waals surface area (Å²) in [5, 5.41) is 10.1. The molecular weight excluding hydrogens is 472 g/mol. The first-order chi connectivity index (χ1) is 16.9. The lowest BCUT2D eigenvalue weighted by Crippen LogP contribution is -2.21. The number of hydrogen-bond donors (Lipinski definition) is 1. The van der Waals surface area contributed by atoms with Gasteiger partial charge in [0.15, 0.2) is 11.5 Å². The summed E-state index contributed by atoms with van der Waals surface area (Å²) in [5.74, 6) is 0.945. The maximum Gasteiger partial charge on any atom is 0.343 e. The van der Waals surface area contributed by atoms with Crippen LogP contribution in [0.25, 0.3) is 0 Å². The summed E-state index contributed by atoms with van der Waals surface area (Å²) >= 11 is 6.11. The Kier molecular flexibility index (Phi) is 6.71. The molecule has 1 aliphatic rings. The van der Waals surface area contributed by atoms with E-state index < -0.39 is 11.9 Å². The largest absolute Gasteiger partial charge is 0.495 e. The number of esters is 1. The van der Waals surface area contributed by atoms with E-state index in [2.05, 4.69) is 6.07 Å². The Labute approximate surface area is 207 Å². The van der Waals surface area contributed by atoms with Crippen LogP contribution in [0, 0.1) is 11.3 Å². The number of ether oxygens (including phenoxy) is 5. The minimum atomic E-state index is -0.608. The SMILES string of the molecule is COc1ccc(C(=O)Oc2ccc3c(c2)OC(N)=C(C#N)C3c2ccc(OC)c(OC)c2)cc1Cl. The quantitative estimate of drug-likeness (QED) is 0.385. The third-order valence-corrected chi connectivity index (χ3v) is 5.82. The average Bonchev–Trinajstić information content (AvgIpc) is 2.87. The molecule has 0 fully saturated rings. The van der Waals surface area contributed by atoms with Crippen molar-refractivity contribution in [3.05, 3.63) is 87.8 Å². The van der Waals surface area contributed by atoms with Gasteiger partial charge in [-0.3, -0.25) is 0 Å². The van der Waals surface area contributed by atoms with E-state index in [0.29, 0.717) is 28.6 Å². The molecule has 0 bridgehead atoms. The first kappa shape index (κ1) is 23.8. The number of hydrogen-bond acceptors (Lipinski definition) is 8. The zero-order valence-corrected chi connectivity index (χ0v) is 19.9. The highest BCUT2D eigenvalue weighted by atomic mass is 35.5. The molecule has 2 N–H and O–H groups in total. The highest BCUT2D eigenvalue weighted by molar-refractivity contribution is 6.32. The Hall–Kier alpha value is -4.35. The Morgan fingerprint density at radius 1 is 0.971 bits per heavy atom. The lowest BCUT2D eigenvalue weighted by atomic mass is 9.83. The van der Waals surface area contributed by atoms with E-state index >= 15 is 0 Å². The summed E-state index contributed by atoms with van der Waals surface area (Å²) < 4.78 is 27.1. The van der Waals surface area contributed by atoms with E-state index in [9.17, 15) is 10.1 Å². The number of nitrogens with zero attached hydrogens (tertiary/aromatic N) is 1. The number of allylic oxidation sites excluding steroid dienone is 1. The highest BCUT2D eigenvalue weighted by Gasteiger charge is 2.31. The molecule has 1 aliphatic heterocycles. The van der Waals surface area contributed by atoms with Crippen molar-refractivity contribution >= 4 is 17.6 Å². The number of benzene rings is 3. The minimum Gasteiger partial charge on any atom is -0.495 e. The van der Waals surface area contributed by atoms with Gasteiger partial charge in [-0.1, -0.05) is 23.7 Å². The van der Waals surface area contributed by atoms with E-state index in [4.69, 9.17) is 41.0 Å². The maximum atomic E-state index is 12.6. The average molecular weight is 493 g/mol. The summed E-state index contributed by atoms with van der Waals surface area (Å²) in [6, 6.07) is 17.0. The van der Waals surface area contributed by atoms with E-state index in [0.717, 1.165) is 5.56 Å². The molecule has 3 aromatic carbocycles. The Bertz CT molecular complexity index is 1380. The van der Waals surface area contributed by atoms with Crippen LogP contribution in [-0.2, 0) is 0 Å². The molecule has 9 heteroatoms. The molecule has 0 aromatic heterocycles. The van der Waals surface area contributed by atoms with Crippen molar-refractivity contribution in [2.24, 2.45) is 5.73 Å². The number of nitrogens with two attached hydrogens (primary N) is 1. The predicted octanol–water partition coefficient (Wildman–Crippen LogP) is 4.80. The second kappa shape index (κ2) is 9.87. The molecule has 8 nitrogen and oxygen atoms in total. The third-order valence-electron chi connectivity index (χ3n) is 5.53. The lowest BCUT2D eigenvalue weighted by molar-refractivity contribution is 0.0734. The third kappa shape index (κ3) is 4.54. The van der Waals surface area contributed by atoms with Crippen molar-refractivity contribution < 1.29 is 28.5 Å². The van der Waals surface area contributed by atoms with Gasteiger partial charge in [0.2, 0.25) is 5.88 Å². The predicted molar refractivity (Wildman–Crippen MR) is 128 cm³/mol. The molecular formula is C26H21ClN2O6. The molecule has 178 valence electrons. The second-order valence-corrected chi connectivity index (χ2v) is 7.88. The summed E-state index contributed by atoms with van der Waals surface area (Å²) in [7, 11) is 4.56. The van der Waals surface area contributed by atoms with Crippen LogP contribution in [0.15, 0.2) is 66.1 Å². The van der Waals surface area contributed by atoms with Gasteiger partial charge in [-0.2, -0.15) is 5.26 Å². The van der Waals surface area contributed by atoms with E-state index in [1.807, 2.05) is 6.07 Å². The molecule has 3 aromatic rings. The molecule has 0 saturated heterocycles. The van der Waals surface area contributed by atoms with E-state index in [1.54, 1.807) is 49.6 Å². The fourth-order valence-electron chi connectivity index (χ4n) is 3.83. The molecule has 1 atom stereocenters. The van der Waals surface area contributed by atoms with Crippen molar-refractivity contribution in [1.29, 1.82) is 5.26 Å². The van der Waals surface area contributed by atoms with Crippen molar-refractivity contribution in [3.63, 3.8) is 0 Å². The number of methoxy groups -OCH3 is 3. The highest BCUT2D eigenvalue weighted by Crippen LogP contribution is 2.45. The smallest absolute Gasteiger partial charge is 0.343 e. The van der Waals surface area contributed by atoms with Gasteiger partial charge in [-0.25, -0.2) is 4.79 Å². The van der Waals surface area contributed by atoms with Crippen LogP contribution in [0.4, 0.5) is 0 Å². The molecule has 0 saturated carbocycles. The minimum absolute atomic E-state index is 0.0369. The maximum absolute atomic E-state index is 12.6. The normalized spacial score (nSPS) is 14.3. The monoisotopic (exact) mass is 492 g/mol. The molecule has 1 unspecified atom stereocenters. The molecule has 35 heavy (non-hydrogen) atoms. The van der Waals surface area contributed by atoms with Crippen molar-refractivity contribution in [2.45, 2.75) is 5.92 Å². The van der Waals surface area contributed by atoms with Crippen LogP contribution < -0.4 is 29.4 Å². The summed E-state index contributed by atoms with van der Waals surface area (Å²) in [5.41, 5.74) is 8.03. The zero-order valence-electron chi connectivity index (χ0n) is 19.1. The first-order valence-corrected chi connectivity index (χ1v) is 10.8. The fourth-order valence-corrected chi connectivity index (χ4v) is 4.09. The first-order valence-electron chi connectivity index (χ1n) is 10.4. The molecule has 0 amide bonds. The molecule has 1 heterocycles. The number of carbonyl (C=O) groups is 1. The van der Waals surface area contributed by atoms with Gasteiger partial charge in [-0.05, 0) is 42.0 Å². The standard InChI is InChI=1S/C26H21ClN2O6/c1-31-20-8-5-15(10-19(20)27)26(30)34-16-6-7-17-22(12-16)35-25(29)18(13-28)24(17)14-4-9-21(32-2)23(11-14)33-3/h4-12,24H,29H2,1-3H3. The van der Waals surface area contributed by atoms with Gasteiger partial charge in [0.25, 0.3) is 0 Å². The van der Waals surface area contributed by atoms with Crippen molar-refractivity contribution in [2.75, 3.05) is 21.3 Å². The fraction of sp³-hybridized carbons (Fsp3) is 0.154. The van der Waals surface area contributed by atoms with Gasteiger partial charge in [-0.15, -0.1) is 0 Å². The molecule has 0 spiro atoms. The van der Waals surface area contributed by atoms with Crippen LogP contribution in [0.2, 0.25) is 5.02 Å². The van der Waals surface area contributed by atoms with Crippen LogP contribution in [-0.4, -0.2) is 27.3 Å². The number of carbonyl (C=O) groups excluding carboxylic acids is 1. The molecule has 0 aliphatic carbocycles. The number of nitriles is 1. The zero-order chi connectivity index (χ0) is 25.1. The topological polar surface area (TPSA) is 113 Å². The van der Waals surface area contributed by atoms with Crippen LogP contribution >= 0.6 is 11.6 Å². The van der Waals surface area contributed by atoms with Crippen molar-refractivity contribution in [1.82, 2.24) is 0 Å². The summed E-state index contributed by atoms with van der Waals surface area (Å²) in [4.78, 5) is 12.6. The van der Waals surface area contributed by atoms with Crippen LogP contribution in [0.1, 0.15) is 27.4 Å². The van der Waals surface area contributed by atoms with Gasteiger partial charge in [0.05, 0.1) is 37.8 Å². The van der Waals surface area contributed by atoms with Crippen LogP contribution in [0.5, 0.6) is 28.7 Å². The Morgan fingerprint density at radius 2 is 1.69 bits per heavy atom. The van der Waals surface area contributed by atoms with Crippen molar-refractivity contribution in [3.8, 4) is 34.8 Å². The van der Waals surface area contributed by atoms with Gasteiger partial charge in [0, 0.05) is 11.6 Å². The van der Waals surface area contributed by atoms with E-state index in [-0.39, 0.29) is 27.8 Å². The summed E-state index contributed by atoms with van der Waals surface area (Å²) in [6.07, 6.45) is 0. The molecule has 0 radical (unpaired) electrons. The van der Waals surface area contributed by atoms with Gasteiger partial charge >= 0.3 is 5.97 Å². The van der Waals surface area contributed by atoms with E-state index in [1.165, 1.54) is 20.3 Å². The summed E-state index contributed by atoms with van der Waals surface area (Å²) in [6.45, 7) is 0. The number of halogens is 1. The lowest BCUT2D eigenvalue weighted by Gasteiger charge is -2.27.